The topological polar surface area (TPSA) is 61.5 Å². The van der Waals surface area contributed by atoms with Crippen molar-refractivity contribution in [1.29, 1.82) is 0 Å². The fourth-order valence-corrected chi connectivity index (χ4v) is 1.82. The lowest BCUT2D eigenvalue weighted by Crippen LogP contribution is -2.34. The van der Waals surface area contributed by atoms with E-state index in [-0.39, 0.29) is 11.4 Å². The number of carbonyl (C=O) groups is 1. The standard InChI is InChI=1S/C10H21NO3/c1-9(2,7-14-11)6-10(3,4)8(12)13-5/h6-7,11H2,1-5H3. The molecule has 0 fully saturated rings. The van der Waals surface area contributed by atoms with Crippen molar-refractivity contribution >= 4 is 5.97 Å². The van der Waals surface area contributed by atoms with Crippen molar-refractivity contribution in [2.75, 3.05) is 13.7 Å². The SMILES string of the molecule is COC(=O)C(C)(C)CC(C)(C)CON. The van der Waals surface area contributed by atoms with Crippen molar-refractivity contribution in [3.8, 4) is 0 Å². The Labute approximate surface area is 85.7 Å². The van der Waals surface area contributed by atoms with E-state index in [0.717, 1.165) is 0 Å². The Morgan fingerprint density at radius 2 is 1.79 bits per heavy atom. The summed E-state index contributed by atoms with van der Waals surface area (Å²) >= 11 is 0. The average molecular weight is 203 g/mol. The van der Waals surface area contributed by atoms with E-state index in [1.165, 1.54) is 7.11 Å². The van der Waals surface area contributed by atoms with Crippen LogP contribution in [-0.4, -0.2) is 19.7 Å². The number of hydrogen-bond donors (Lipinski definition) is 1. The van der Waals surface area contributed by atoms with Crippen LogP contribution < -0.4 is 5.90 Å². The predicted octanol–water partition coefficient (Wildman–Crippen LogP) is 1.49. The Morgan fingerprint density at radius 3 is 2.14 bits per heavy atom. The molecule has 0 aliphatic rings. The van der Waals surface area contributed by atoms with Gasteiger partial charge >= 0.3 is 5.97 Å². The summed E-state index contributed by atoms with van der Waals surface area (Å²) in [4.78, 5) is 16.0. The van der Waals surface area contributed by atoms with Gasteiger partial charge < -0.3 is 9.57 Å². The molecular weight excluding hydrogens is 182 g/mol. The third-order valence-corrected chi connectivity index (χ3v) is 2.13. The van der Waals surface area contributed by atoms with E-state index in [1.807, 2.05) is 27.7 Å². The second kappa shape index (κ2) is 4.75. The summed E-state index contributed by atoms with van der Waals surface area (Å²) in [5, 5.41) is 0. The molecule has 0 aromatic rings. The van der Waals surface area contributed by atoms with Gasteiger partial charge in [0.2, 0.25) is 0 Å². The first-order valence-electron chi connectivity index (χ1n) is 4.65. The summed E-state index contributed by atoms with van der Waals surface area (Å²) in [6.07, 6.45) is 0.671. The van der Waals surface area contributed by atoms with Crippen molar-refractivity contribution in [3.05, 3.63) is 0 Å². The Hall–Kier alpha value is -0.610. The van der Waals surface area contributed by atoms with Gasteiger partial charge in [-0.2, -0.15) is 0 Å². The number of nitrogens with two attached hydrogens (primary N) is 1. The Balaban J connectivity index is 4.41. The molecule has 0 aliphatic carbocycles. The molecule has 0 heterocycles. The minimum absolute atomic E-state index is 0.133. The van der Waals surface area contributed by atoms with Crippen LogP contribution in [0.2, 0.25) is 0 Å². The molecule has 4 nitrogen and oxygen atoms in total. The van der Waals surface area contributed by atoms with Crippen LogP contribution in [0.3, 0.4) is 0 Å². The highest BCUT2D eigenvalue weighted by molar-refractivity contribution is 5.75. The molecule has 14 heavy (non-hydrogen) atoms. The van der Waals surface area contributed by atoms with E-state index >= 15 is 0 Å². The fourth-order valence-electron chi connectivity index (χ4n) is 1.82. The van der Waals surface area contributed by atoms with Crippen molar-refractivity contribution < 1.29 is 14.4 Å². The number of methoxy groups -OCH3 is 1. The summed E-state index contributed by atoms with van der Waals surface area (Å²) < 4.78 is 4.73. The molecule has 0 aliphatic heterocycles. The lowest BCUT2D eigenvalue weighted by atomic mass is 9.75. The monoisotopic (exact) mass is 203 g/mol. The third kappa shape index (κ3) is 4.07. The van der Waals surface area contributed by atoms with E-state index in [2.05, 4.69) is 4.84 Å². The molecule has 0 unspecified atom stereocenters. The van der Waals surface area contributed by atoms with Gasteiger partial charge in [0.05, 0.1) is 19.1 Å². The highest BCUT2D eigenvalue weighted by atomic mass is 16.6. The van der Waals surface area contributed by atoms with Crippen molar-refractivity contribution in [2.24, 2.45) is 16.7 Å². The first-order valence-corrected chi connectivity index (χ1v) is 4.65. The van der Waals surface area contributed by atoms with Gasteiger partial charge in [0.15, 0.2) is 0 Å². The molecule has 0 spiro atoms. The van der Waals surface area contributed by atoms with E-state index in [9.17, 15) is 4.79 Å². The van der Waals surface area contributed by atoms with Gasteiger partial charge in [0.25, 0.3) is 0 Å². The molecule has 4 heteroatoms. The maximum atomic E-state index is 11.4. The zero-order chi connectivity index (χ0) is 11.4. The number of esters is 1. The maximum absolute atomic E-state index is 11.4. The first-order chi connectivity index (χ1) is 6.25. The summed E-state index contributed by atoms with van der Waals surface area (Å²) in [7, 11) is 1.40. The second-order valence-electron chi connectivity index (χ2n) is 5.03. The number of hydrogen-bond acceptors (Lipinski definition) is 4. The molecule has 0 bridgehead atoms. The Kier molecular flexibility index (Phi) is 4.55. The molecule has 0 radical (unpaired) electrons. The van der Waals surface area contributed by atoms with Crippen LogP contribution in [0.25, 0.3) is 0 Å². The zero-order valence-electron chi connectivity index (χ0n) is 9.72. The molecule has 0 aromatic heterocycles. The van der Waals surface area contributed by atoms with Crippen LogP contribution >= 0.6 is 0 Å². The van der Waals surface area contributed by atoms with Gasteiger partial charge in [-0.15, -0.1) is 0 Å². The number of carbonyl (C=O) groups excluding carboxylic acids is 1. The molecule has 0 saturated carbocycles. The van der Waals surface area contributed by atoms with Crippen LogP contribution in [0.4, 0.5) is 0 Å². The highest BCUT2D eigenvalue weighted by Crippen LogP contribution is 2.34. The molecule has 2 N–H and O–H groups in total. The predicted molar refractivity (Wildman–Crippen MR) is 54.3 cm³/mol. The average Bonchev–Trinajstić information content (AvgIpc) is 2.00. The van der Waals surface area contributed by atoms with E-state index in [0.29, 0.717) is 13.0 Å². The van der Waals surface area contributed by atoms with Gasteiger partial charge in [0, 0.05) is 0 Å². The summed E-state index contributed by atoms with van der Waals surface area (Å²) in [5.74, 6) is 4.82. The van der Waals surface area contributed by atoms with Crippen LogP contribution in [-0.2, 0) is 14.4 Å². The number of ether oxygens (including phenoxy) is 1. The Bertz CT molecular complexity index is 200. The lowest BCUT2D eigenvalue weighted by Gasteiger charge is -2.31. The molecule has 0 aromatic carbocycles. The van der Waals surface area contributed by atoms with Crippen LogP contribution in [0.5, 0.6) is 0 Å². The van der Waals surface area contributed by atoms with Crippen LogP contribution in [0, 0.1) is 10.8 Å². The van der Waals surface area contributed by atoms with Crippen LogP contribution in [0.1, 0.15) is 34.1 Å². The highest BCUT2D eigenvalue weighted by Gasteiger charge is 2.35. The maximum Gasteiger partial charge on any atom is 0.311 e. The quantitative estimate of drug-likeness (QED) is 0.543. The van der Waals surface area contributed by atoms with Gasteiger partial charge in [-0.3, -0.25) is 4.79 Å². The van der Waals surface area contributed by atoms with Crippen molar-refractivity contribution in [2.45, 2.75) is 34.1 Å². The van der Waals surface area contributed by atoms with Gasteiger partial charge in [-0.1, -0.05) is 13.8 Å². The van der Waals surface area contributed by atoms with Gasteiger partial charge in [-0.25, -0.2) is 5.90 Å². The summed E-state index contributed by atoms with van der Waals surface area (Å²) in [5.41, 5.74) is -0.636. The van der Waals surface area contributed by atoms with E-state index < -0.39 is 5.41 Å². The smallest absolute Gasteiger partial charge is 0.311 e. The third-order valence-electron chi connectivity index (χ3n) is 2.13. The van der Waals surface area contributed by atoms with E-state index in [4.69, 9.17) is 10.6 Å². The van der Waals surface area contributed by atoms with Crippen LogP contribution in [0.15, 0.2) is 0 Å². The minimum atomic E-state index is -0.503. The lowest BCUT2D eigenvalue weighted by molar-refractivity contribution is -0.153. The van der Waals surface area contributed by atoms with Crippen molar-refractivity contribution in [1.82, 2.24) is 0 Å². The first kappa shape index (κ1) is 13.4. The normalized spacial score (nSPS) is 12.7. The number of rotatable bonds is 5. The second-order valence-corrected chi connectivity index (χ2v) is 5.03. The van der Waals surface area contributed by atoms with Gasteiger partial charge in [-0.05, 0) is 25.7 Å². The molecule has 0 saturated heterocycles. The molecule has 84 valence electrons. The van der Waals surface area contributed by atoms with Gasteiger partial charge in [0.1, 0.15) is 0 Å². The fraction of sp³-hybridized carbons (Fsp3) is 0.900. The summed E-state index contributed by atoms with van der Waals surface area (Å²) in [6, 6.07) is 0. The Morgan fingerprint density at radius 1 is 1.29 bits per heavy atom. The molecular formula is C10H21NO3. The molecule has 0 rings (SSSR count). The minimum Gasteiger partial charge on any atom is -0.469 e. The molecule has 0 atom stereocenters. The van der Waals surface area contributed by atoms with E-state index in [1.54, 1.807) is 0 Å². The largest absolute Gasteiger partial charge is 0.469 e. The molecule has 0 amide bonds. The van der Waals surface area contributed by atoms with Crippen molar-refractivity contribution in [3.63, 3.8) is 0 Å². The zero-order valence-corrected chi connectivity index (χ0v) is 9.72. The summed E-state index contributed by atoms with van der Waals surface area (Å²) in [6.45, 7) is 8.15.